The van der Waals surface area contributed by atoms with Gasteiger partial charge in [0.1, 0.15) is 0 Å². The Kier molecular flexibility index (Phi) is 4.88. The smallest absolute Gasteiger partial charge is 0.225 e. The van der Waals surface area contributed by atoms with Crippen molar-refractivity contribution >= 4 is 33.5 Å². The van der Waals surface area contributed by atoms with Gasteiger partial charge in [-0.1, -0.05) is 37.3 Å². The zero-order chi connectivity index (χ0) is 17.9. The monoisotopic (exact) mass is 412 g/mol. The van der Waals surface area contributed by atoms with Crippen molar-refractivity contribution < 1.29 is 0 Å². The molecule has 2 heterocycles. The molecular weight excluding hydrogens is 392 g/mol. The van der Waals surface area contributed by atoms with Crippen molar-refractivity contribution in [3.63, 3.8) is 0 Å². The lowest BCUT2D eigenvalue weighted by molar-refractivity contribution is 0.738. The van der Waals surface area contributed by atoms with E-state index in [1.807, 2.05) is 18.2 Å². The average Bonchev–Trinajstić information content (AvgIpc) is 3.42. The summed E-state index contributed by atoms with van der Waals surface area (Å²) in [5, 5.41) is 14.1. The minimum atomic E-state index is 0.164. The Hall–Kier alpha value is -2.41. The molecule has 0 saturated heterocycles. The maximum Gasteiger partial charge on any atom is 0.225 e. The molecule has 3 N–H and O–H groups in total. The lowest BCUT2D eigenvalue weighted by atomic mass is 10.1. The van der Waals surface area contributed by atoms with Gasteiger partial charge in [-0.3, -0.25) is 5.10 Å². The summed E-state index contributed by atoms with van der Waals surface area (Å²) >= 11 is 3.51. The molecule has 26 heavy (non-hydrogen) atoms. The molecule has 3 aromatic rings. The molecule has 1 saturated carbocycles. The predicted molar refractivity (Wildman–Crippen MR) is 107 cm³/mol. The number of anilines is 3. The molecule has 1 atom stereocenters. The molecule has 134 valence electrons. The Balaban J connectivity index is 1.51. The molecule has 1 aliphatic rings. The number of nitrogens with one attached hydrogen (secondary N) is 3. The van der Waals surface area contributed by atoms with Crippen LogP contribution in [0, 0.1) is 0 Å². The number of hydrogen-bond donors (Lipinski definition) is 3. The van der Waals surface area contributed by atoms with Gasteiger partial charge < -0.3 is 10.6 Å². The zero-order valence-electron chi connectivity index (χ0n) is 14.5. The van der Waals surface area contributed by atoms with Crippen LogP contribution in [-0.2, 0) is 0 Å². The Morgan fingerprint density at radius 3 is 2.81 bits per heavy atom. The van der Waals surface area contributed by atoms with Crippen molar-refractivity contribution in [1.29, 1.82) is 0 Å². The summed E-state index contributed by atoms with van der Waals surface area (Å²) in [6, 6.07) is 12.6. The van der Waals surface area contributed by atoms with Gasteiger partial charge in [0.05, 0.1) is 10.5 Å². The van der Waals surface area contributed by atoms with Crippen LogP contribution in [-0.4, -0.2) is 20.2 Å². The summed E-state index contributed by atoms with van der Waals surface area (Å²) < 4.78 is 0.798. The standard InChI is InChI=1S/C19H21BrN6/c1-2-15(12-6-4-3-5-7-12)22-19-21-11-14(20)18(24-19)23-17-10-16(25-26-17)13-8-9-13/h3-7,10-11,13,15H,2,8-9H2,1H3,(H3,21,22,23,24,25,26)/t15-/m0/s1. The third kappa shape index (κ3) is 3.88. The average molecular weight is 413 g/mol. The molecular formula is C19H21BrN6. The van der Waals surface area contributed by atoms with Gasteiger partial charge in [-0.2, -0.15) is 10.1 Å². The molecule has 0 unspecified atom stereocenters. The minimum Gasteiger partial charge on any atom is -0.347 e. The predicted octanol–water partition coefficient (Wildman–Crippen LogP) is 5.15. The maximum atomic E-state index is 4.62. The first-order valence-electron chi connectivity index (χ1n) is 8.89. The summed E-state index contributed by atoms with van der Waals surface area (Å²) in [5.74, 6) is 2.69. The van der Waals surface area contributed by atoms with Gasteiger partial charge in [0.2, 0.25) is 5.95 Å². The van der Waals surface area contributed by atoms with Crippen LogP contribution < -0.4 is 10.6 Å². The van der Waals surface area contributed by atoms with Crippen molar-refractivity contribution in [2.45, 2.75) is 38.1 Å². The van der Waals surface area contributed by atoms with Gasteiger partial charge in [0.25, 0.3) is 0 Å². The highest BCUT2D eigenvalue weighted by molar-refractivity contribution is 9.10. The number of halogens is 1. The minimum absolute atomic E-state index is 0.164. The summed E-state index contributed by atoms with van der Waals surface area (Å²) in [4.78, 5) is 9.02. The van der Waals surface area contributed by atoms with Crippen LogP contribution in [0.15, 0.2) is 47.1 Å². The van der Waals surface area contributed by atoms with E-state index in [1.165, 1.54) is 24.1 Å². The van der Waals surface area contributed by atoms with Crippen LogP contribution in [0.5, 0.6) is 0 Å². The molecule has 6 nitrogen and oxygen atoms in total. The van der Waals surface area contributed by atoms with Gasteiger partial charge in [-0.25, -0.2) is 4.98 Å². The van der Waals surface area contributed by atoms with E-state index in [4.69, 9.17) is 0 Å². The second-order valence-corrected chi connectivity index (χ2v) is 7.37. The summed E-state index contributed by atoms with van der Waals surface area (Å²) in [6.45, 7) is 2.14. The summed E-state index contributed by atoms with van der Waals surface area (Å²) in [5.41, 5.74) is 2.41. The lowest BCUT2D eigenvalue weighted by Gasteiger charge is -2.18. The quantitative estimate of drug-likeness (QED) is 0.500. The van der Waals surface area contributed by atoms with Crippen molar-refractivity contribution in [2.75, 3.05) is 10.6 Å². The molecule has 1 fully saturated rings. The molecule has 4 rings (SSSR count). The van der Waals surface area contributed by atoms with Gasteiger partial charge in [-0.15, -0.1) is 0 Å². The fourth-order valence-corrected chi connectivity index (χ4v) is 3.20. The fraction of sp³-hybridized carbons (Fsp3) is 0.316. The molecule has 0 amide bonds. The number of H-pyrrole nitrogens is 1. The van der Waals surface area contributed by atoms with E-state index in [-0.39, 0.29) is 6.04 Å². The Labute approximate surface area is 161 Å². The molecule has 0 aliphatic heterocycles. The molecule has 2 aromatic heterocycles. The molecule has 7 heteroatoms. The third-order valence-electron chi connectivity index (χ3n) is 4.52. The van der Waals surface area contributed by atoms with E-state index in [1.54, 1.807) is 6.20 Å². The van der Waals surface area contributed by atoms with E-state index in [9.17, 15) is 0 Å². The van der Waals surface area contributed by atoms with Crippen LogP contribution >= 0.6 is 15.9 Å². The number of rotatable bonds is 7. The molecule has 0 bridgehead atoms. The summed E-state index contributed by atoms with van der Waals surface area (Å²) in [7, 11) is 0. The number of benzene rings is 1. The van der Waals surface area contributed by atoms with E-state index in [0.29, 0.717) is 17.7 Å². The van der Waals surface area contributed by atoms with E-state index in [2.05, 4.69) is 71.9 Å². The Bertz CT molecular complexity index is 875. The van der Waals surface area contributed by atoms with E-state index >= 15 is 0 Å². The van der Waals surface area contributed by atoms with Gasteiger partial charge in [0.15, 0.2) is 11.6 Å². The Morgan fingerprint density at radius 2 is 2.08 bits per heavy atom. The van der Waals surface area contributed by atoms with E-state index in [0.717, 1.165) is 16.7 Å². The lowest BCUT2D eigenvalue weighted by Crippen LogP contribution is -2.12. The SMILES string of the molecule is CC[C@H](Nc1ncc(Br)c(Nc2cc(C3CC3)[nH]n2)n1)c1ccccc1. The topological polar surface area (TPSA) is 78.5 Å². The van der Waals surface area contributed by atoms with Crippen LogP contribution in [0.3, 0.4) is 0 Å². The molecule has 1 aromatic carbocycles. The fourth-order valence-electron chi connectivity index (χ4n) is 2.91. The largest absolute Gasteiger partial charge is 0.347 e. The molecule has 0 spiro atoms. The third-order valence-corrected chi connectivity index (χ3v) is 5.10. The number of aromatic amines is 1. The Morgan fingerprint density at radius 1 is 1.27 bits per heavy atom. The normalized spacial score (nSPS) is 14.8. The van der Waals surface area contributed by atoms with Crippen LogP contribution in [0.1, 0.15) is 49.4 Å². The zero-order valence-corrected chi connectivity index (χ0v) is 16.1. The highest BCUT2D eigenvalue weighted by atomic mass is 79.9. The highest BCUT2D eigenvalue weighted by Gasteiger charge is 2.25. The second kappa shape index (κ2) is 7.45. The van der Waals surface area contributed by atoms with Crippen molar-refractivity contribution in [3.8, 4) is 0 Å². The first-order valence-corrected chi connectivity index (χ1v) is 9.68. The number of hydrogen-bond acceptors (Lipinski definition) is 5. The van der Waals surface area contributed by atoms with Gasteiger partial charge >= 0.3 is 0 Å². The number of nitrogens with zero attached hydrogens (tertiary/aromatic N) is 3. The highest BCUT2D eigenvalue weighted by Crippen LogP contribution is 2.39. The van der Waals surface area contributed by atoms with Crippen molar-refractivity contribution in [2.24, 2.45) is 0 Å². The van der Waals surface area contributed by atoms with Crippen molar-refractivity contribution in [3.05, 3.63) is 58.3 Å². The van der Waals surface area contributed by atoms with Crippen LogP contribution in [0.2, 0.25) is 0 Å². The first kappa shape index (κ1) is 17.0. The van der Waals surface area contributed by atoms with Gasteiger partial charge in [0, 0.05) is 23.9 Å². The van der Waals surface area contributed by atoms with Crippen molar-refractivity contribution in [1.82, 2.24) is 20.2 Å². The molecule has 0 radical (unpaired) electrons. The number of aromatic nitrogens is 4. The second-order valence-electron chi connectivity index (χ2n) is 6.51. The molecule has 1 aliphatic carbocycles. The van der Waals surface area contributed by atoms with E-state index < -0.39 is 0 Å². The van der Waals surface area contributed by atoms with Crippen LogP contribution in [0.25, 0.3) is 0 Å². The van der Waals surface area contributed by atoms with Crippen LogP contribution in [0.4, 0.5) is 17.6 Å². The summed E-state index contributed by atoms with van der Waals surface area (Å²) in [6.07, 6.45) is 5.18. The van der Waals surface area contributed by atoms with Gasteiger partial charge in [-0.05, 0) is 40.8 Å². The maximum absolute atomic E-state index is 4.62. The first-order chi connectivity index (χ1) is 12.7.